The zero-order valence-corrected chi connectivity index (χ0v) is 18.2. The van der Waals surface area contributed by atoms with Crippen molar-refractivity contribution in [3.63, 3.8) is 0 Å². The average Bonchev–Trinajstić information content (AvgIpc) is 3.17. The van der Waals surface area contributed by atoms with Crippen LogP contribution in [0.5, 0.6) is 5.88 Å². The van der Waals surface area contributed by atoms with E-state index in [0.717, 1.165) is 16.8 Å². The van der Waals surface area contributed by atoms with Crippen molar-refractivity contribution in [3.05, 3.63) is 77.7 Å². The van der Waals surface area contributed by atoms with Gasteiger partial charge < -0.3 is 21.9 Å². The Morgan fingerprint density at radius 1 is 0.912 bits per heavy atom. The Balaban J connectivity index is 1.70. The summed E-state index contributed by atoms with van der Waals surface area (Å²) in [5.41, 5.74) is 20.7. The molecule has 0 amide bonds. The molecular weight excluding hydrogens is 435 g/mol. The van der Waals surface area contributed by atoms with Gasteiger partial charge in [-0.2, -0.15) is 10.1 Å². The van der Waals surface area contributed by atoms with Crippen molar-refractivity contribution >= 4 is 28.4 Å². The SMILES string of the molecule is Cc1nn(-c2ccccc2)c2nc(OCc3ccccc3F)c(-c3nc(N)c(N)c(N)n3)cc12. The van der Waals surface area contributed by atoms with Crippen LogP contribution in [0.4, 0.5) is 21.7 Å². The first-order chi connectivity index (χ1) is 16.4. The van der Waals surface area contributed by atoms with Gasteiger partial charge in [0.1, 0.15) is 18.1 Å². The number of aryl methyl sites for hydroxylation is 1. The standard InChI is InChI=1S/C24H21FN8O/c1-13-16-11-17(22-29-20(27)19(26)21(28)30-22)24(34-12-14-7-5-6-10-18(14)25)31-23(16)33(32-13)15-8-3-2-4-9-15/h2-11H,12,26H2,1H3,(H4,27,28,29,30). The van der Waals surface area contributed by atoms with E-state index in [1.54, 1.807) is 22.9 Å². The Morgan fingerprint density at radius 3 is 2.29 bits per heavy atom. The van der Waals surface area contributed by atoms with Gasteiger partial charge in [0.2, 0.25) is 5.88 Å². The fraction of sp³-hybridized carbons (Fsp3) is 0.0833. The molecule has 9 nitrogen and oxygen atoms in total. The highest BCUT2D eigenvalue weighted by Gasteiger charge is 2.20. The second-order valence-corrected chi connectivity index (χ2v) is 7.66. The Morgan fingerprint density at radius 2 is 1.59 bits per heavy atom. The minimum atomic E-state index is -0.382. The van der Waals surface area contributed by atoms with E-state index in [0.29, 0.717) is 16.8 Å². The van der Waals surface area contributed by atoms with Gasteiger partial charge >= 0.3 is 0 Å². The van der Waals surface area contributed by atoms with Crippen LogP contribution in [0, 0.1) is 12.7 Å². The highest BCUT2D eigenvalue weighted by Crippen LogP contribution is 2.34. The molecule has 10 heteroatoms. The Kier molecular flexibility index (Phi) is 5.17. The number of nitrogens with zero attached hydrogens (tertiary/aromatic N) is 5. The molecule has 3 heterocycles. The van der Waals surface area contributed by atoms with E-state index >= 15 is 0 Å². The molecule has 170 valence electrons. The maximum atomic E-state index is 14.2. The largest absolute Gasteiger partial charge is 0.472 e. The smallest absolute Gasteiger partial charge is 0.227 e. The normalized spacial score (nSPS) is 11.1. The van der Waals surface area contributed by atoms with Gasteiger partial charge in [-0.15, -0.1) is 0 Å². The number of halogens is 1. The Labute approximate surface area is 194 Å². The summed E-state index contributed by atoms with van der Waals surface area (Å²) in [6, 6.07) is 17.8. The molecule has 6 N–H and O–H groups in total. The van der Waals surface area contributed by atoms with Gasteiger partial charge in [0.05, 0.1) is 16.9 Å². The number of benzene rings is 2. The van der Waals surface area contributed by atoms with Crippen molar-refractivity contribution in [2.75, 3.05) is 17.2 Å². The molecule has 0 aliphatic rings. The number of rotatable bonds is 5. The summed E-state index contributed by atoms with van der Waals surface area (Å²) in [5, 5.41) is 5.40. The van der Waals surface area contributed by atoms with Crippen molar-refractivity contribution in [3.8, 4) is 23.0 Å². The highest BCUT2D eigenvalue weighted by atomic mass is 19.1. The van der Waals surface area contributed by atoms with Gasteiger partial charge in [-0.3, -0.25) is 0 Å². The zero-order chi connectivity index (χ0) is 23.8. The lowest BCUT2D eigenvalue weighted by atomic mass is 10.1. The van der Waals surface area contributed by atoms with Crippen LogP contribution in [0.3, 0.4) is 0 Å². The third-order valence-electron chi connectivity index (χ3n) is 5.38. The molecule has 0 saturated carbocycles. The average molecular weight is 456 g/mol. The van der Waals surface area contributed by atoms with E-state index in [-0.39, 0.29) is 41.5 Å². The van der Waals surface area contributed by atoms with Crippen molar-refractivity contribution < 1.29 is 9.13 Å². The summed E-state index contributed by atoms with van der Waals surface area (Å²) in [5.74, 6) is 0.0663. The molecule has 0 fully saturated rings. The van der Waals surface area contributed by atoms with Crippen LogP contribution in [-0.2, 0) is 6.61 Å². The molecule has 0 aliphatic heterocycles. The van der Waals surface area contributed by atoms with Crippen LogP contribution in [0.1, 0.15) is 11.3 Å². The van der Waals surface area contributed by atoms with E-state index in [4.69, 9.17) is 26.9 Å². The van der Waals surface area contributed by atoms with Crippen molar-refractivity contribution in [1.29, 1.82) is 0 Å². The minimum absolute atomic E-state index is 0.0411. The number of hydrogen-bond acceptors (Lipinski definition) is 8. The zero-order valence-electron chi connectivity index (χ0n) is 18.2. The topological polar surface area (TPSA) is 144 Å². The van der Waals surface area contributed by atoms with E-state index in [2.05, 4.69) is 15.1 Å². The second kappa shape index (κ2) is 8.32. The number of anilines is 3. The molecule has 5 aromatic rings. The monoisotopic (exact) mass is 456 g/mol. The molecule has 0 unspecified atom stereocenters. The van der Waals surface area contributed by atoms with Gasteiger partial charge in [0.15, 0.2) is 23.1 Å². The third kappa shape index (κ3) is 3.71. The predicted molar refractivity (Wildman–Crippen MR) is 129 cm³/mol. The van der Waals surface area contributed by atoms with Crippen LogP contribution in [0.25, 0.3) is 28.1 Å². The number of nitrogens with two attached hydrogens (primary N) is 3. The lowest BCUT2D eigenvalue weighted by Gasteiger charge is -2.13. The van der Waals surface area contributed by atoms with Crippen LogP contribution in [0.2, 0.25) is 0 Å². The molecule has 5 rings (SSSR count). The van der Waals surface area contributed by atoms with Crippen molar-refractivity contribution in [1.82, 2.24) is 24.7 Å². The minimum Gasteiger partial charge on any atom is -0.472 e. The Hall–Kier alpha value is -4.73. The number of hydrogen-bond donors (Lipinski definition) is 3. The van der Waals surface area contributed by atoms with Crippen molar-refractivity contribution in [2.24, 2.45) is 0 Å². The van der Waals surface area contributed by atoms with Crippen LogP contribution in [-0.4, -0.2) is 24.7 Å². The summed E-state index contributed by atoms with van der Waals surface area (Å²) in [6.45, 7) is 1.82. The first-order valence-electron chi connectivity index (χ1n) is 10.4. The summed E-state index contributed by atoms with van der Waals surface area (Å²) in [7, 11) is 0. The number of fused-ring (bicyclic) bond motifs is 1. The number of aromatic nitrogens is 5. The quantitative estimate of drug-likeness (QED) is 0.363. The van der Waals surface area contributed by atoms with Gasteiger partial charge in [-0.25, -0.2) is 19.0 Å². The summed E-state index contributed by atoms with van der Waals surface area (Å²) in [6.07, 6.45) is 0. The number of nitrogen functional groups attached to an aromatic ring is 3. The van der Waals surface area contributed by atoms with Gasteiger partial charge in [-0.05, 0) is 31.2 Å². The summed E-state index contributed by atoms with van der Waals surface area (Å²) < 4.78 is 21.9. The van der Waals surface area contributed by atoms with Crippen LogP contribution < -0.4 is 21.9 Å². The lowest BCUT2D eigenvalue weighted by Crippen LogP contribution is -2.08. The molecule has 0 saturated heterocycles. The maximum Gasteiger partial charge on any atom is 0.227 e. The molecule has 0 radical (unpaired) electrons. The van der Waals surface area contributed by atoms with Crippen LogP contribution >= 0.6 is 0 Å². The summed E-state index contributed by atoms with van der Waals surface area (Å²) in [4.78, 5) is 13.3. The molecule has 0 aliphatic carbocycles. The highest BCUT2D eigenvalue weighted by molar-refractivity contribution is 5.87. The number of ether oxygens (including phenoxy) is 1. The predicted octanol–water partition coefficient (Wildman–Crippen LogP) is 3.65. The van der Waals surface area contributed by atoms with E-state index < -0.39 is 0 Å². The Bertz CT molecular complexity index is 1490. The molecular formula is C24H21FN8O. The second-order valence-electron chi connectivity index (χ2n) is 7.66. The molecule has 0 spiro atoms. The first kappa shape index (κ1) is 21.1. The van der Waals surface area contributed by atoms with E-state index in [9.17, 15) is 4.39 Å². The maximum absolute atomic E-state index is 14.2. The van der Waals surface area contributed by atoms with Gasteiger partial charge in [-0.1, -0.05) is 36.4 Å². The molecule has 34 heavy (non-hydrogen) atoms. The third-order valence-corrected chi connectivity index (χ3v) is 5.38. The lowest BCUT2D eigenvalue weighted by molar-refractivity contribution is 0.290. The molecule has 0 bridgehead atoms. The molecule has 3 aromatic heterocycles. The van der Waals surface area contributed by atoms with Crippen molar-refractivity contribution in [2.45, 2.75) is 13.5 Å². The fourth-order valence-electron chi connectivity index (χ4n) is 3.57. The van der Waals surface area contributed by atoms with E-state index in [1.807, 2.05) is 43.3 Å². The van der Waals surface area contributed by atoms with Crippen LogP contribution in [0.15, 0.2) is 60.7 Å². The van der Waals surface area contributed by atoms with Gasteiger partial charge in [0, 0.05) is 10.9 Å². The number of pyridine rings is 1. The van der Waals surface area contributed by atoms with E-state index in [1.165, 1.54) is 6.07 Å². The van der Waals surface area contributed by atoms with Gasteiger partial charge in [0.25, 0.3) is 0 Å². The molecule has 0 atom stereocenters. The molecule has 2 aromatic carbocycles. The number of para-hydroxylation sites is 1. The first-order valence-corrected chi connectivity index (χ1v) is 10.4. The summed E-state index contributed by atoms with van der Waals surface area (Å²) >= 11 is 0. The fourth-order valence-corrected chi connectivity index (χ4v) is 3.57.